The van der Waals surface area contributed by atoms with Crippen molar-refractivity contribution < 1.29 is 4.74 Å². The molecule has 0 radical (unpaired) electrons. The minimum Gasteiger partial charge on any atom is -0.377 e. The molecule has 0 aliphatic rings. The Morgan fingerprint density at radius 2 is 1.94 bits per heavy atom. The summed E-state index contributed by atoms with van der Waals surface area (Å²) in [5.74, 6) is 0. The first-order chi connectivity index (χ1) is 8.63. The molecule has 0 bridgehead atoms. The highest BCUT2D eigenvalue weighted by Gasteiger charge is 2.22. The molecule has 0 aromatic heterocycles. The van der Waals surface area contributed by atoms with Gasteiger partial charge in [0.25, 0.3) is 0 Å². The first-order valence-corrected chi connectivity index (χ1v) is 7.00. The van der Waals surface area contributed by atoms with Crippen LogP contribution in [-0.4, -0.2) is 19.8 Å². The molecule has 0 aliphatic carbocycles. The van der Waals surface area contributed by atoms with Crippen molar-refractivity contribution >= 4 is 0 Å². The van der Waals surface area contributed by atoms with E-state index in [-0.39, 0.29) is 12.1 Å². The van der Waals surface area contributed by atoms with E-state index in [1.54, 1.807) is 0 Å². The van der Waals surface area contributed by atoms with Gasteiger partial charge in [-0.2, -0.15) is 0 Å². The maximum Gasteiger partial charge on any atom is 0.0769 e. The molecule has 0 amide bonds. The summed E-state index contributed by atoms with van der Waals surface area (Å²) in [5, 5.41) is 3.42. The lowest BCUT2D eigenvalue weighted by atomic mass is 9.93. The Morgan fingerprint density at radius 1 is 1.22 bits per heavy atom. The fraction of sp³-hybridized carbons (Fsp3) is 0.625. The normalized spacial score (nSPS) is 14.5. The van der Waals surface area contributed by atoms with Crippen LogP contribution in [0.15, 0.2) is 18.2 Å². The van der Waals surface area contributed by atoms with Gasteiger partial charge in [0.1, 0.15) is 0 Å². The van der Waals surface area contributed by atoms with Crippen LogP contribution in [0.5, 0.6) is 0 Å². The number of hydrogen-bond donors (Lipinski definition) is 1. The molecule has 1 N–H and O–H groups in total. The van der Waals surface area contributed by atoms with Gasteiger partial charge in [0.2, 0.25) is 0 Å². The molecule has 1 aromatic rings. The summed E-state index contributed by atoms with van der Waals surface area (Å²) in [6.07, 6.45) is 2.49. The molecule has 2 heteroatoms. The second-order valence-electron chi connectivity index (χ2n) is 4.91. The lowest BCUT2D eigenvalue weighted by molar-refractivity contribution is 0.0294. The molecule has 0 saturated heterocycles. The first kappa shape index (κ1) is 15.2. The zero-order chi connectivity index (χ0) is 13.5. The van der Waals surface area contributed by atoms with Crippen LogP contribution in [0.4, 0.5) is 0 Å². The number of ether oxygens (including phenoxy) is 1. The Bertz CT molecular complexity index is 356. The van der Waals surface area contributed by atoms with Gasteiger partial charge in [-0.1, -0.05) is 37.1 Å². The molecular weight excluding hydrogens is 222 g/mol. The van der Waals surface area contributed by atoms with Crippen molar-refractivity contribution in [2.75, 3.05) is 13.7 Å². The van der Waals surface area contributed by atoms with Crippen LogP contribution in [0.1, 0.15) is 49.4 Å². The smallest absolute Gasteiger partial charge is 0.0769 e. The van der Waals surface area contributed by atoms with E-state index in [0.29, 0.717) is 0 Å². The molecule has 0 heterocycles. The molecule has 0 fully saturated rings. The summed E-state index contributed by atoms with van der Waals surface area (Å²) in [4.78, 5) is 0. The number of likely N-dealkylation sites (N-methyl/N-ethyl adjacent to an activating group) is 1. The predicted octanol–water partition coefficient (Wildman–Crippen LogP) is 3.77. The molecule has 1 rings (SSSR count). The number of hydrogen-bond acceptors (Lipinski definition) is 2. The van der Waals surface area contributed by atoms with Crippen LogP contribution in [0.3, 0.4) is 0 Å². The standard InChI is InChI=1S/C16H27NO/c1-6-8-15(18-7-2)16(17-5)14-10-9-12(3)11-13(14)4/h9-11,15-17H,6-8H2,1-5H3. The Hall–Kier alpha value is -0.860. The number of nitrogens with one attached hydrogen (secondary N) is 1. The van der Waals surface area contributed by atoms with E-state index in [0.717, 1.165) is 19.4 Å². The SMILES string of the molecule is CCCC(OCC)C(NC)c1ccc(C)cc1C. The van der Waals surface area contributed by atoms with Crippen molar-refractivity contribution in [2.45, 2.75) is 52.7 Å². The molecule has 0 spiro atoms. The van der Waals surface area contributed by atoms with Gasteiger partial charge >= 0.3 is 0 Å². The average Bonchev–Trinajstić information content (AvgIpc) is 2.33. The Balaban J connectivity index is 2.98. The van der Waals surface area contributed by atoms with Gasteiger partial charge in [-0.15, -0.1) is 0 Å². The summed E-state index contributed by atoms with van der Waals surface area (Å²) in [6.45, 7) is 9.37. The van der Waals surface area contributed by atoms with Crippen LogP contribution in [0, 0.1) is 13.8 Å². The summed E-state index contributed by atoms with van der Waals surface area (Å²) < 4.78 is 5.91. The van der Waals surface area contributed by atoms with Crippen LogP contribution < -0.4 is 5.32 Å². The van der Waals surface area contributed by atoms with Crippen molar-refractivity contribution in [3.05, 3.63) is 34.9 Å². The van der Waals surface area contributed by atoms with E-state index in [2.05, 4.69) is 51.2 Å². The molecule has 2 unspecified atom stereocenters. The van der Waals surface area contributed by atoms with Gasteiger partial charge in [-0.05, 0) is 45.4 Å². The van der Waals surface area contributed by atoms with E-state index in [1.807, 2.05) is 7.05 Å². The quantitative estimate of drug-likeness (QED) is 0.794. The zero-order valence-corrected chi connectivity index (χ0v) is 12.4. The molecule has 1 aromatic carbocycles. The number of aryl methyl sites for hydroxylation is 2. The van der Waals surface area contributed by atoms with Gasteiger partial charge in [-0.25, -0.2) is 0 Å². The fourth-order valence-corrected chi connectivity index (χ4v) is 2.56. The highest BCUT2D eigenvalue weighted by Crippen LogP contribution is 2.25. The number of benzene rings is 1. The van der Waals surface area contributed by atoms with Crippen molar-refractivity contribution in [3.8, 4) is 0 Å². The summed E-state index contributed by atoms with van der Waals surface area (Å²) >= 11 is 0. The minimum absolute atomic E-state index is 0.256. The third kappa shape index (κ3) is 3.82. The van der Waals surface area contributed by atoms with Gasteiger partial charge < -0.3 is 10.1 Å². The van der Waals surface area contributed by atoms with E-state index in [1.165, 1.54) is 16.7 Å². The van der Waals surface area contributed by atoms with Crippen molar-refractivity contribution in [1.82, 2.24) is 5.32 Å². The Morgan fingerprint density at radius 3 is 2.44 bits per heavy atom. The molecule has 0 aliphatic heterocycles. The monoisotopic (exact) mass is 249 g/mol. The molecular formula is C16H27NO. The van der Waals surface area contributed by atoms with E-state index < -0.39 is 0 Å². The lowest BCUT2D eigenvalue weighted by Gasteiger charge is -2.28. The molecule has 18 heavy (non-hydrogen) atoms. The highest BCUT2D eigenvalue weighted by atomic mass is 16.5. The molecule has 0 saturated carbocycles. The van der Waals surface area contributed by atoms with Gasteiger partial charge in [0.15, 0.2) is 0 Å². The van der Waals surface area contributed by atoms with Gasteiger partial charge in [-0.3, -0.25) is 0 Å². The van der Waals surface area contributed by atoms with Crippen LogP contribution in [-0.2, 0) is 4.74 Å². The van der Waals surface area contributed by atoms with Crippen LogP contribution >= 0.6 is 0 Å². The first-order valence-electron chi connectivity index (χ1n) is 7.00. The number of rotatable bonds is 7. The summed E-state index contributed by atoms with van der Waals surface area (Å²) in [7, 11) is 2.02. The maximum atomic E-state index is 5.91. The summed E-state index contributed by atoms with van der Waals surface area (Å²) in [5.41, 5.74) is 4.01. The van der Waals surface area contributed by atoms with E-state index in [4.69, 9.17) is 4.74 Å². The van der Waals surface area contributed by atoms with Crippen LogP contribution in [0.2, 0.25) is 0 Å². The lowest BCUT2D eigenvalue weighted by Crippen LogP contribution is -2.32. The molecule has 2 atom stereocenters. The average molecular weight is 249 g/mol. The predicted molar refractivity (Wildman–Crippen MR) is 78.0 cm³/mol. The third-order valence-corrected chi connectivity index (χ3v) is 3.40. The van der Waals surface area contributed by atoms with Crippen molar-refractivity contribution in [1.29, 1.82) is 0 Å². The highest BCUT2D eigenvalue weighted by molar-refractivity contribution is 5.33. The zero-order valence-electron chi connectivity index (χ0n) is 12.4. The summed E-state index contributed by atoms with van der Waals surface area (Å²) in [6, 6.07) is 6.94. The third-order valence-electron chi connectivity index (χ3n) is 3.40. The van der Waals surface area contributed by atoms with Crippen molar-refractivity contribution in [2.24, 2.45) is 0 Å². The van der Waals surface area contributed by atoms with Gasteiger partial charge in [0, 0.05) is 6.61 Å². The minimum atomic E-state index is 0.256. The Kier molecular flexibility index (Phi) is 6.37. The van der Waals surface area contributed by atoms with Crippen molar-refractivity contribution in [3.63, 3.8) is 0 Å². The maximum absolute atomic E-state index is 5.91. The fourth-order valence-electron chi connectivity index (χ4n) is 2.56. The molecule has 2 nitrogen and oxygen atoms in total. The molecule has 102 valence electrons. The van der Waals surface area contributed by atoms with E-state index in [9.17, 15) is 0 Å². The largest absolute Gasteiger partial charge is 0.377 e. The second kappa shape index (κ2) is 7.55. The van der Waals surface area contributed by atoms with E-state index >= 15 is 0 Å². The Labute approximate surface area is 112 Å². The van der Waals surface area contributed by atoms with Gasteiger partial charge in [0.05, 0.1) is 12.1 Å². The van der Waals surface area contributed by atoms with Crippen LogP contribution in [0.25, 0.3) is 0 Å². The second-order valence-corrected chi connectivity index (χ2v) is 4.91. The topological polar surface area (TPSA) is 21.3 Å².